The highest BCUT2D eigenvalue weighted by Gasteiger charge is 2.11. The maximum atomic E-state index is 4.64. The third kappa shape index (κ3) is 7.91. The average Bonchev–Trinajstić information content (AvgIpc) is 2.46. The molecule has 124 valence electrons. The zero-order valence-electron chi connectivity index (χ0n) is 14.8. The molecule has 0 bridgehead atoms. The number of nitrogens with zero attached hydrogens (tertiary/aromatic N) is 2. The average molecular weight is 304 g/mol. The standard InChI is InChI=1S/C18H32N4/c1-6-19-17(21-18(2,3)4)20-14-10-11-15-22(5)16-12-8-7-9-13-16/h7-9,12-13H,6,10-11,14-15H2,1-5H3,(H2,19,20,21). The minimum atomic E-state index is 0.0362. The molecular weight excluding hydrogens is 272 g/mol. The van der Waals surface area contributed by atoms with Crippen molar-refractivity contribution in [1.82, 2.24) is 10.6 Å². The van der Waals surface area contributed by atoms with Gasteiger partial charge >= 0.3 is 0 Å². The molecule has 0 aliphatic carbocycles. The van der Waals surface area contributed by atoms with E-state index in [4.69, 9.17) is 0 Å². The fourth-order valence-electron chi connectivity index (χ4n) is 2.13. The van der Waals surface area contributed by atoms with Crippen molar-refractivity contribution in [3.05, 3.63) is 30.3 Å². The van der Waals surface area contributed by atoms with Crippen molar-refractivity contribution in [3.8, 4) is 0 Å². The summed E-state index contributed by atoms with van der Waals surface area (Å²) in [4.78, 5) is 6.94. The van der Waals surface area contributed by atoms with Crippen LogP contribution in [0.1, 0.15) is 40.5 Å². The minimum Gasteiger partial charge on any atom is -0.375 e. The number of rotatable bonds is 7. The number of nitrogens with one attached hydrogen (secondary N) is 2. The molecule has 4 heteroatoms. The van der Waals surface area contributed by atoms with E-state index in [1.54, 1.807) is 0 Å². The van der Waals surface area contributed by atoms with Gasteiger partial charge in [0.25, 0.3) is 0 Å². The highest BCUT2D eigenvalue weighted by molar-refractivity contribution is 5.80. The Kier molecular flexibility index (Phi) is 7.78. The normalized spacial score (nSPS) is 12.1. The maximum absolute atomic E-state index is 4.64. The Morgan fingerprint density at radius 2 is 1.82 bits per heavy atom. The number of hydrogen-bond acceptors (Lipinski definition) is 2. The molecule has 0 aliphatic heterocycles. The first-order valence-electron chi connectivity index (χ1n) is 8.25. The zero-order valence-corrected chi connectivity index (χ0v) is 14.8. The lowest BCUT2D eigenvalue weighted by atomic mass is 10.1. The Morgan fingerprint density at radius 1 is 1.14 bits per heavy atom. The third-order valence-corrected chi connectivity index (χ3v) is 3.21. The van der Waals surface area contributed by atoms with E-state index in [0.29, 0.717) is 0 Å². The number of anilines is 1. The van der Waals surface area contributed by atoms with E-state index in [0.717, 1.165) is 38.4 Å². The van der Waals surface area contributed by atoms with Gasteiger partial charge in [-0.15, -0.1) is 0 Å². The number of unbranched alkanes of at least 4 members (excludes halogenated alkanes) is 1. The van der Waals surface area contributed by atoms with Gasteiger partial charge in [0.05, 0.1) is 0 Å². The molecule has 0 saturated heterocycles. The Balaban J connectivity index is 2.31. The van der Waals surface area contributed by atoms with E-state index in [2.05, 4.69) is 85.6 Å². The van der Waals surface area contributed by atoms with E-state index in [9.17, 15) is 0 Å². The molecule has 0 radical (unpaired) electrons. The topological polar surface area (TPSA) is 39.7 Å². The van der Waals surface area contributed by atoms with Gasteiger partial charge in [0.1, 0.15) is 0 Å². The van der Waals surface area contributed by atoms with Crippen molar-refractivity contribution in [2.24, 2.45) is 4.99 Å². The second kappa shape index (κ2) is 9.34. The van der Waals surface area contributed by atoms with Crippen LogP contribution in [0.3, 0.4) is 0 Å². The zero-order chi connectivity index (χ0) is 16.4. The van der Waals surface area contributed by atoms with Crippen LogP contribution in [0.4, 0.5) is 5.69 Å². The first kappa shape index (κ1) is 18.3. The summed E-state index contributed by atoms with van der Waals surface area (Å²) in [6.07, 6.45) is 2.24. The molecule has 0 spiro atoms. The molecule has 1 rings (SSSR count). The molecule has 0 unspecified atom stereocenters. The Hall–Kier alpha value is -1.71. The van der Waals surface area contributed by atoms with E-state index in [1.165, 1.54) is 5.69 Å². The maximum Gasteiger partial charge on any atom is 0.191 e. The lowest BCUT2D eigenvalue weighted by molar-refractivity contribution is 0.501. The van der Waals surface area contributed by atoms with Gasteiger partial charge in [-0.1, -0.05) is 18.2 Å². The summed E-state index contributed by atoms with van der Waals surface area (Å²) in [7, 11) is 2.14. The molecule has 0 atom stereocenters. The SMILES string of the molecule is CCNC(=NCCCCN(C)c1ccccc1)NC(C)(C)C. The van der Waals surface area contributed by atoms with Crippen LogP contribution in [0, 0.1) is 0 Å². The lowest BCUT2D eigenvalue weighted by Gasteiger charge is -2.23. The molecule has 0 amide bonds. The van der Waals surface area contributed by atoms with Crippen molar-refractivity contribution in [3.63, 3.8) is 0 Å². The predicted molar refractivity (Wildman–Crippen MR) is 97.8 cm³/mol. The fraction of sp³-hybridized carbons (Fsp3) is 0.611. The van der Waals surface area contributed by atoms with Crippen LogP contribution >= 0.6 is 0 Å². The number of benzene rings is 1. The molecule has 2 N–H and O–H groups in total. The summed E-state index contributed by atoms with van der Waals surface area (Å²) in [6.45, 7) is 11.3. The Bertz CT molecular complexity index is 434. The first-order chi connectivity index (χ1) is 10.4. The van der Waals surface area contributed by atoms with E-state index in [-0.39, 0.29) is 5.54 Å². The quantitative estimate of drug-likeness (QED) is 0.461. The highest BCUT2D eigenvalue weighted by Crippen LogP contribution is 2.11. The predicted octanol–water partition coefficient (Wildman–Crippen LogP) is 3.26. The molecule has 0 saturated carbocycles. The molecule has 22 heavy (non-hydrogen) atoms. The second-order valence-electron chi connectivity index (χ2n) is 6.60. The minimum absolute atomic E-state index is 0.0362. The third-order valence-electron chi connectivity index (χ3n) is 3.21. The molecular formula is C18H32N4. The van der Waals surface area contributed by atoms with Crippen LogP contribution in [-0.2, 0) is 0 Å². The summed E-state index contributed by atoms with van der Waals surface area (Å²) in [6, 6.07) is 10.5. The van der Waals surface area contributed by atoms with Crippen molar-refractivity contribution in [2.75, 3.05) is 31.6 Å². The molecule has 4 nitrogen and oxygen atoms in total. The molecule has 1 aromatic carbocycles. The summed E-state index contributed by atoms with van der Waals surface area (Å²) in [5.74, 6) is 0.909. The van der Waals surface area contributed by atoms with E-state index >= 15 is 0 Å². The van der Waals surface area contributed by atoms with Crippen LogP contribution < -0.4 is 15.5 Å². The summed E-state index contributed by atoms with van der Waals surface area (Å²) >= 11 is 0. The largest absolute Gasteiger partial charge is 0.375 e. The smallest absolute Gasteiger partial charge is 0.191 e. The highest BCUT2D eigenvalue weighted by atomic mass is 15.2. The molecule has 0 aliphatic rings. The van der Waals surface area contributed by atoms with Gasteiger partial charge in [-0.25, -0.2) is 0 Å². The Morgan fingerprint density at radius 3 is 2.41 bits per heavy atom. The fourth-order valence-corrected chi connectivity index (χ4v) is 2.13. The van der Waals surface area contributed by atoms with Gasteiger partial charge in [0, 0.05) is 37.9 Å². The van der Waals surface area contributed by atoms with Crippen LogP contribution in [0.15, 0.2) is 35.3 Å². The van der Waals surface area contributed by atoms with Crippen molar-refractivity contribution in [1.29, 1.82) is 0 Å². The van der Waals surface area contributed by atoms with Crippen molar-refractivity contribution < 1.29 is 0 Å². The summed E-state index contributed by atoms with van der Waals surface area (Å²) in [5, 5.41) is 6.70. The van der Waals surface area contributed by atoms with Gasteiger partial charge in [0.2, 0.25) is 0 Å². The van der Waals surface area contributed by atoms with Crippen LogP contribution in [0.5, 0.6) is 0 Å². The van der Waals surface area contributed by atoms with Gasteiger partial charge in [-0.3, -0.25) is 4.99 Å². The Labute approximate surface area is 136 Å². The molecule has 1 aromatic rings. The van der Waals surface area contributed by atoms with Crippen LogP contribution in [-0.4, -0.2) is 38.2 Å². The number of guanidine groups is 1. The van der Waals surface area contributed by atoms with Crippen LogP contribution in [0.25, 0.3) is 0 Å². The number of hydrogen-bond donors (Lipinski definition) is 2. The first-order valence-corrected chi connectivity index (χ1v) is 8.25. The molecule has 0 fully saturated rings. The summed E-state index contributed by atoms with van der Waals surface area (Å²) < 4.78 is 0. The molecule has 0 aromatic heterocycles. The van der Waals surface area contributed by atoms with Crippen LogP contribution in [0.2, 0.25) is 0 Å². The van der Waals surface area contributed by atoms with E-state index in [1.807, 2.05) is 0 Å². The second-order valence-corrected chi connectivity index (χ2v) is 6.60. The lowest BCUT2D eigenvalue weighted by Crippen LogP contribution is -2.47. The van der Waals surface area contributed by atoms with Crippen molar-refractivity contribution in [2.45, 2.75) is 46.1 Å². The van der Waals surface area contributed by atoms with Gasteiger partial charge in [0.15, 0.2) is 5.96 Å². The number of aliphatic imine (C=N–C) groups is 1. The van der Waals surface area contributed by atoms with Crippen molar-refractivity contribution >= 4 is 11.6 Å². The van der Waals surface area contributed by atoms with E-state index < -0.39 is 0 Å². The van der Waals surface area contributed by atoms with Gasteiger partial charge in [-0.05, 0) is 52.7 Å². The van der Waals surface area contributed by atoms with Gasteiger partial charge in [-0.2, -0.15) is 0 Å². The number of para-hydroxylation sites is 1. The van der Waals surface area contributed by atoms with Gasteiger partial charge < -0.3 is 15.5 Å². The monoisotopic (exact) mass is 304 g/mol. The summed E-state index contributed by atoms with van der Waals surface area (Å²) in [5.41, 5.74) is 1.31. The molecule has 0 heterocycles.